The fourth-order valence-corrected chi connectivity index (χ4v) is 5.01. The van der Waals surface area contributed by atoms with Gasteiger partial charge in [0.25, 0.3) is 0 Å². The van der Waals surface area contributed by atoms with Gasteiger partial charge in [-0.2, -0.15) is 10.2 Å². The zero-order valence-electron chi connectivity index (χ0n) is 21.5. The van der Waals surface area contributed by atoms with Gasteiger partial charge in [0.15, 0.2) is 17.4 Å². The number of carboxylic acid groups (broad SMARTS) is 1. The monoisotopic (exact) mass is 543 g/mol. The Kier molecular flexibility index (Phi) is 7.00. The second-order valence-corrected chi connectivity index (χ2v) is 10.1. The van der Waals surface area contributed by atoms with Gasteiger partial charge in [-0.25, -0.2) is 19.2 Å². The largest absolute Gasteiger partial charge is 0.483 e. The van der Waals surface area contributed by atoms with E-state index in [1.54, 1.807) is 30.5 Å². The summed E-state index contributed by atoms with van der Waals surface area (Å²) >= 11 is 0. The number of halogens is 1. The zero-order valence-corrected chi connectivity index (χ0v) is 21.5. The molecule has 1 saturated heterocycles. The van der Waals surface area contributed by atoms with E-state index in [2.05, 4.69) is 14.5 Å². The van der Waals surface area contributed by atoms with Crippen LogP contribution in [0, 0.1) is 23.1 Å². The first-order valence-corrected chi connectivity index (χ1v) is 13.1. The number of carbonyl (C=O) groups is 1. The van der Waals surface area contributed by atoms with Crippen LogP contribution in [0.2, 0.25) is 0 Å². The lowest BCUT2D eigenvalue weighted by molar-refractivity contribution is -0.0592. The van der Waals surface area contributed by atoms with Crippen molar-refractivity contribution < 1.29 is 28.5 Å². The van der Waals surface area contributed by atoms with E-state index in [0.717, 1.165) is 55.2 Å². The van der Waals surface area contributed by atoms with E-state index in [-0.39, 0.29) is 35.7 Å². The number of nitriles is 1. The van der Waals surface area contributed by atoms with Gasteiger partial charge in [-0.05, 0) is 61.6 Å². The van der Waals surface area contributed by atoms with Crippen LogP contribution in [-0.2, 0) is 24.3 Å². The number of imidazole rings is 1. The molecule has 1 saturated carbocycles. The molecule has 40 heavy (non-hydrogen) atoms. The van der Waals surface area contributed by atoms with Crippen LogP contribution < -0.4 is 9.47 Å². The molecular formula is C29H26FN5O5. The van der Waals surface area contributed by atoms with Crippen LogP contribution in [0.25, 0.3) is 11.0 Å². The van der Waals surface area contributed by atoms with Gasteiger partial charge in [-0.1, -0.05) is 0 Å². The topological polar surface area (TPSA) is 132 Å². The van der Waals surface area contributed by atoms with Gasteiger partial charge >= 0.3 is 5.97 Å². The Morgan fingerprint density at radius 1 is 1.20 bits per heavy atom. The number of fused-ring (bicyclic) bond motifs is 1. The number of carboxylic acids is 1. The maximum Gasteiger partial charge on any atom is 0.335 e. The van der Waals surface area contributed by atoms with Crippen molar-refractivity contribution in [3.05, 3.63) is 77.3 Å². The minimum absolute atomic E-state index is 0.00366. The number of aromatic nitrogens is 4. The molecule has 2 aliphatic rings. The first-order valence-electron chi connectivity index (χ1n) is 13.1. The van der Waals surface area contributed by atoms with E-state index >= 15 is 0 Å². The molecule has 2 aromatic carbocycles. The summed E-state index contributed by atoms with van der Waals surface area (Å²) in [6.45, 7) is 1.36. The second kappa shape index (κ2) is 10.9. The Balaban J connectivity index is 1.07. The van der Waals surface area contributed by atoms with E-state index in [4.69, 9.17) is 24.5 Å². The van der Waals surface area contributed by atoms with Crippen molar-refractivity contribution in [1.82, 2.24) is 19.5 Å². The predicted octanol–water partition coefficient (Wildman–Crippen LogP) is 4.30. The summed E-state index contributed by atoms with van der Waals surface area (Å²) in [5, 5.41) is 18.3. The number of ether oxygens (including phenoxy) is 3. The third-order valence-electron chi connectivity index (χ3n) is 7.30. The lowest BCUT2D eigenvalue weighted by Crippen LogP contribution is -2.36. The molecule has 1 atom stereocenters. The number of rotatable bonds is 10. The Morgan fingerprint density at radius 3 is 2.77 bits per heavy atom. The van der Waals surface area contributed by atoms with Crippen molar-refractivity contribution in [2.45, 2.75) is 51.0 Å². The highest BCUT2D eigenvalue weighted by Crippen LogP contribution is 2.34. The van der Waals surface area contributed by atoms with Crippen molar-refractivity contribution in [3.63, 3.8) is 0 Å². The molecule has 0 amide bonds. The molecule has 6 rings (SSSR count). The minimum atomic E-state index is -0.962. The van der Waals surface area contributed by atoms with Crippen LogP contribution >= 0.6 is 0 Å². The summed E-state index contributed by atoms with van der Waals surface area (Å²) in [7, 11) is 0. The molecule has 204 valence electrons. The quantitative estimate of drug-likeness (QED) is 0.311. The average Bonchev–Trinajstić information content (AvgIpc) is 3.25. The van der Waals surface area contributed by atoms with E-state index < -0.39 is 11.8 Å². The smallest absolute Gasteiger partial charge is 0.335 e. The lowest BCUT2D eigenvalue weighted by atomic mass is 9.80. The van der Waals surface area contributed by atoms with Gasteiger partial charge in [0.05, 0.1) is 40.9 Å². The van der Waals surface area contributed by atoms with Gasteiger partial charge < -0.3 is 23.9 Å². The van der Waals surface area contributed by atoms with Crippen molar-refractivity contribution in [3.8, 4) is 17.7 Å². The standard InChI is InChI=1S/C29H26FN5O5/c30-22-11-17(14-31)1-4-25(22)39-16-26-32-7-5-28(34-26)40-21-9-18(10-21)12-27-33-23-3-2-19(29(36)37)13-24(23)35(27)15-20-6-8-38-20/h1-5,7,11,13,18,20-21H,6,8-10,12,15-16H2,(H,36,37). The van der Waals surface area contributed by atoms with Crippen LogP contribution in [0.15, 0.2) is 48.7 Å². The third kappa shape index (κ3) is 5.44. The molecule has 1 aliphatic heterocycles. The molecule has 10 nitrogen and oxygen atoms in total. The van der Waals surface area contributed by atoms with Crippen LogP contribution in [0.4, 0.5) is 4.39 Å². The van der Waals surface area contributed by atoms with Crippen LogP contribution in [0.5, 0.6) is 11.6 Å². The molecule has 3 heterocycles. The highest BCUT2D eigenvalue weighted by Gasteiger charge is 2.33. The van der Waals surface area contributed by atoms with Crippen molar-refractivity contribution in [2.75, 3.05) is 6.61 Å². The molecule has 0 bridgehead atoms. The second-order valence-electron chi connectivity index (χ2n) is 10.1. The summed E-state index contributed by atoms with van der Waals surface area (Å²) < 4.78 is 33.4. The van der Waals surface area contributed by atoms with E-state index in [1.165, 1.54) is 12.1 Å². The molecule has 2 fully saturated rings. The maximum atomic E-state index is 14.1. The molecule has 1 N–H and O–H groups in total. The molecule has 2 aromatic heterocycles. The van der Waals surface area contributed by atoms with Crippen LogP contribution in [-0.4, -0.2) is 49.4 Å². The van der Waals surface area contributed by atoms with E-state index in [0.29, 0.717) is 24.2 Å². The highest BCUT2D eigenvalue weighted by atomic mass is 19.1. The molecule has 1 unspecified atom stereocenters. The summed E-state index contributed by atoms with van der Waals surface area (Å²) in [6.07, 6.45) is 5.07. The molecule has 0 spiro atoms. The highest BCUT2D eigenvalue weighted by molar-refractivity contribution is 5.92. The zero-order chi connectivity index (χ0) is 27.6. The normalized spacial score (nSPS) is 19.9. The summed E-state index contributed by atoms with van der Waals surface area (Å²) in [6, 6.07) is 12.6. The molecule has 0 radical (unpaired) electrons. The number of nitrogens with zero attached hydrogens (tertiary/aromatic N) is 5. The van der Waals surface area contributed by atoms with E-state index in [9.17, 15) is 14.3 Å². The maximum absolute atomic E-state index is 14.1. The van der Waals surface area contributed by atoms with Crippen molar-refractivity contribution >= 4 is 17.0 Å². The van der Waals surface area contributed by atoms with Gasteiger partial charge in [-0.3, -0.25) is 0 Å². The Labute approximate surface area is 229 Å². The minimum Gasteiger partial charge on any atom is -0.483 e. The van der Waals surface area contributed by atoms with Gasteiger partial charge in [-0.15, -0.1) is 0 Å². The van der Waals surface area contributed by atoms with Gasteiger partial charge in [0, 0.05) is 25.3 Å². The molecule has 4 aromatic rings. The van der Waals surface area contributed by atoms with Crippen molar-refractivity contribution in [2.24, 2.45) is 5.92 Å². The summed E-state index contributed by atoms with van der Waals surface area (Å²) in [4.78, 5) is 24.9. The lowest BCUT2D eigenvalue weighted by Gasteiger charge is -2.35. The first-order chi connectivity index (χ1) is 19.4. The summed E-state index contributed by atoms with van der Waals surface area (Å²) in [5.41, 5.74) is 2.05. The predicted molar refractivity (Wildman–Crippen MR) is 139 cm³/mol. The number of benzene rings is 2. The van der Waals surface area contributed by atoms with Crippen LogP contribution in [0.3, 0.4) is 0 Å². The Bertz CT molecular complexity index is 1610. The fourth-order valence-electron chi connectivity index (χ4n) is 5.01. The SMILES string of the molecule is N#Cc1ccc(OCc2nccc(OC3CC(Cc4nc5ccc(C(=O)O)cc5n4CC4CCO4)C3)n2)c(F)c1. The molecule has 1 aliphatic carbocycles. The third-order valence-corrected chi connectivity index (χ3v) is 7.30. The summed E-state index contributed by atoms with van der Waals surface area (Å²) in [5.74, 6) is 0.500. The van der Waals surface area contributed by atoms with Gasteiger partial charge in [0.1, 0.15) is 18.5 Å². The number of aromatic carboxylic acids is 1. The number of hydrogen-bond acceptors (Lipinski definition) is 8. The Hall–Kier alpha value is -4.56. The Morgan fingerprint density at radius 2 is 2.05 bits per heavy atom. The number of hydrogen-bond donors (Lipinski definition) is 1. The fraction of sp³-hybridized carbons (Fsp3) is 0.345. The molecule has 11 heteroatoms. The first kappa shape index (κ1) is 25.7. The molecular weight excluding hydrogens is 517 g/mol. The van der Waals surface area contributed by atoms with Crippen LogP contribution in [0.1, 0.15) is 46.8 Å². The van der Waals surface area contributed by atoms with Gasteiger partial charge in [0.2, 0.25) is 5.88 Å². The van der Waals surface area contributed by atoms with Crippen molar-refractivity contribution in [1.29, 1.82) is 5.26 Å². The average molecular weight is 544 g/mol. The van der Waals surface area contributed by atoms with E-state index in [1.807, 2.05) is 6.07 Å².